The van der Waals surface area contributed by atoms with Crippen LogP contribution in [-0.2, 0) is 11.2 Å². The summed E-state index contributed by atoms with van der Waals surface area (Å²) in [5.41, 5.74) is 3.16. The summed E-state index contributed by atoms with van der Waals surface area (Å²) in [7, 11) is 0. The van der Waals surface area contributed by atoms with Crippen molar-refractivity contribution >= 4 is 29.1 Å². The molecular weight excluding hydrogens is 254 g/mol. The Kier molecular flexibility index (Phi) is 4.09. The summed E-state index contributed by atoms with van der Waals surface area (Å²) in [6, 6.07) is 0. The highest BCUT2D eigenvalue weighted by Gasteiger charge is 2.43. The highest BCUT2D eigenvalue weighted by Crippen LogP contribution is 2.51. The molecule has 0 saturated heterocycles. The lowest BCUT2D eigenvalue weighted by molar-refractivity contribution is -0.138. The van der Waals surface area contributed by atoms with Gasteiger partial charge in [-0.2, -0.15) is 11.8 Å². The van der Waals surface area contributed by atoms with Gasteiger partial charge in [-0.1, -0.05) is 0 Å². The van der Waals surface area contributed by atoms with Crippen molar-refractivity contribution in [1.29, 1.82) is 0 Å². The molecule has 1 heterocycles. The van der Waals surface area contributed by atoms with Gasteiger partial charge in [-0.15, -0.1) is 11.3 Å². The fourth-order valence-corrected chi connectivity index (χ4v) is 4.12. The number of thioether (sulfide) groups is 1. The number of aliphatic carboxylic acids is 1. The van der Waals surface area contributed by atoms with Crippen LogP contribution >= 0.6 is 23.1 Å². The zero-order chi connectivity index (χ0) is 12.3. The van der Waals surface area contributed by atoms with Gasteiger partial charge in [-0.3, -0.25) is 4.79 Å². The monoisotopic (exact) mass is 271 g/mol. The van der Waals surface area contributed by atoms with Gasteiger partial charge in [0.25, 0.3) is 0 Å². The number of carbonyl (C=O) groups is 1. The van der Waals surface area contributed by atoms with Crippen molar-refractivity contribution in [2.75, 3.05) is 11.5 Å². The predicted molar refractivity (Wildman–Crippen MR) is 71.8 cm³/mol. The maximum Gasteiger partial charge on any atom is 0.303 e. The Balaban J connectivity index is 1.67. The molecule has 2 rings (SSSR count). The molecule has 0 amide bonds. The first-order valence-corrected chi connectivity index (χ1v) is 7.83. The third kappa shape index (κ3) is 3.71. The van der Waals surface area contributed by atoms with E-state index in [0.717, 1.165) is 36.5 Å². The Morgan fingerprint density at radius 1 is 1.65 bits per heavy atom. The molecule has 1 saturated carbocycles. The van der Waals surface area contributed by atoms with Gasteiger partial charge >= 0.3 is 5.97 Å². The van der Waals surface area contributed by atoms with Crippen LogP contribution in [0.3, 0.4) is 0 Å². The van der Waals surface area contributed by atoms with E-state index in [2.05, 4.69) is 4.98 Å². The maximum atomic E-state index is 10.7. The lowest BCUT2D eigenvalue weighted by atomic mass is 10.1. The van der Waals surface area contributed by atoms with E-state index in [-0.39, 0.29) is 5.41 Å². The van der Waals surface area contributed by atoms with E-state index in [1.165, 1.54) is 4.88 Å². The van der Waals surface area contributed by atoms with E-state index in [1.807, 2.05) is 24.2 Å². The Bertz CT molecular complexity index is 399. The van der Waals surface area contributed by atoms with Gasteiger partial charge in [0.15, 0.2) is 0 Å². The molecule has 0 spiro atoms. The summed E-state index contributed by atoms with van der Waals surface area (Å²) in [4.78, 5) is 16.3. The normalized spacial score (nSPS) is 17.0. The van der Waals surface area contributed by atoms with Gasteiger partial charge in [-0.05, 0) is 43.1 Å². The third-order valence-corrected chi connectivity index (χ3v) is 5.51. The highest BCUT2D eigenvalue weighted by molar-refractivity contribution is 7.99. The number of rotatable bonds is 7. The molecule has 0 aliphatic heterocycles. The number of aryl methyl sites for hydroxylation is 2. The van der Waals surface area contributed by atoms with Crippen LogP contribution in [0.15, 0.2) is 5.51 Å². The Hall–Kier alpha value is -0.550. The highest BCUT2D eigenvalue weighted by atomic mass is 32.2. The Morgan fingerprint density at radius 2 is 2.41 bits per heavy atom. The predicted octanol–water partition coefficient (Wildman–Crippen LogP) is 2.98. The van der Waals surface area contributed by atoms with Crippen molar-refractivity contribution in [1.82, 2.24) is 4.98 Å². The van der Waals surface area contributed by atoms with Gasteiger partial charge in [0.05, 0.1) is 17.6 Å². The summed E-state index contributed by atoms with van der Waals surface area (Å²) in [5.74, 6) is 1.42. The number of aromatic nitrogens is 1. The van der Waals surface area contributed by atoms with Crippen LogP contribution in [0.4, 0.5) is 0 Å². The minimum Gasteiger partial charge on any atom is -0.481 e. The minimum absolute atomic E-state index is 0.124. The van der Waals surface area contributed by atoms with Crippen LogP contribution in [0.1, 0.15) is 29.8 Å². The number of thiazole rings is 1. The number of hydrogen-bond acceptors (Lipinski definition) is 4. The molecule has 1 aromatic heterocycles. The molecule has 0 aromatic carbocycles. The molecule has 94 valence electrons. The lowest BCUT2D eigenvalue weighted by Gasteiger charge is -2.11. The average molecular weight is 271 g/mol. The summed E-state index contributed by atoms with van der Waals surface area (Å²) < 4.78 is 0. The van der Waals surface area contributed by atoms with Crippen molar-refractivity contribution in [3.05, 3.63) is 16.1 Å². The largest absolute Gasteiger partial charge is 0.481 e. The standard InChI is InChI=1S/C12H17NO2S2/c1-9-10(17-8-13-9)2-5-16-7-12(3-4-12)6-11(14)15/h8H,2-7H2,1H3,(H,14,15). The van der Waals surface area contributed by atoms with Crippen molar-refractivity contribution < 1.29 is 9.90 Å². The summed E-state index contributed by atoms with van der Waals surface area (Å²) in [6.45, 7) is 2.04. The van der Waals surface area contributed by atoms with Crippen molar-refractivity contribution in [2.24, 2.45) is 5.41 Å². The van der Waals surface area contributed by atoms with Crippen molar-refractivity contribution in [2.45, 2.75) is 32.6 Å². The zero-order valence-corrected chi connectivity index (χ0v) is 11.6. The van der Waals surface area contributed by atoms with Crippen LogP contribution in [-0.4, -0.2) is 27.6 Å². The van der Waals surface area contributed by atoms with Gasteiger partial charge in [-0.25, -0.2) is 4.98 Å². The van der Waals surface area contributed by atoms with E-state index >= 15 is 0 Å². The molecule has 5 heteroatoms. The average Bonchev–Trinajstić information content (AvgIpc) is 2.88. The van der Waals surface area contributed by atoms with E-state index in [0.29, 0.717) is 6.42 Å². The second-order valence-corrected chi connectivity index (χ2v) is 6.78. The molecule has 3 nitrogen and oxygen atoms in total. The van der Waals surface area contributed by atoms with E-state index < -0.39 is 5.97 Å². The molecule has 1 aromatic rings. The van der Waals surface area contributed by atoms with Crippen molar-refractivity contribution in [3.63, 3.8) is 0 Å². The topological polar surface area (TPSA) is 50.2 Å². The second-order valence-electron chi connectivity index (χ2n) is 4.73. The quantitative estimate of drug-likeness (QED) is 0.775. The third-order valence-electron chi connectivity index (χ3n) is 3.21. The fraction of sp³-hybridized carbons (Fsp3) is 0.667. The SMILES string of the molecule is Cc1ncsc1CCSCC1(CC(=O)O)CC1. The minimum atomic E-state index is -0.651. The number of nitrogens with zero attached hydrogens (tertiary/aromatic N) is 1. The smallest absolute Gasteiger partial charge is 0.303 e. The first-order chi connectivity index (χ1) is 8.11. The van der Waals surface area contributed by atoms with Gasteiger partial charge in [0.2, 0.25) is 0 Å². The molecule has 0 atom stereocenters. The molecule has 1 N–H and O–H groups in total. The number of carboxylic acid groups (broad SMARTS) is 1. The number of carboxylic acids is 1. The van der Waals surface area contributed by atoms with Gasteiger partial charge in [0, 0.05) is 4.88 Å². The molecule has 0 unspecified atom stereocenters. The molecule has 1 aliphatic carbocycles. The van der Waals surface area contributed by atoms with Gasteiger partial charge < -0.3 is 5.11 Å². The zero-order valence-electron chi connectivity index (χ0n) is 9.94. The van der Waals surface area contributed by atoms with Crippen LogP contribution in [0, 0.1) is 12.3 Å². The Labute approximate surface area is 110 Å². The van der Waals surface area contributed by atoms with E-state index in [1.54, 1.807) is 11.3 Å². The fourth-order valence-electron chi connectivity index (χ4n) is 1.89. The summed E-state index contributed by atoms with van der Waals surface area (Å²) in [5, 5.41) is 8.82. The van der Waals surface area contributed by atoms with Gasteiger partial charge in [0.1, 0.15) is 0 Å². The molecule has 17 heavy (non-hydrogen) atoms. The molecule has 0 bridgehead atoms. The summed E-state index contributed by atoms with van der Waals surface area (Å²) >= 11 is 3.60. The second kappa shape index (κ2) is 5.40. The number of hydrogen-bond donors (Lipinski definition) is 1. The molecular formula is C12H17NO2S2. The first kappa shape index (κ1) is 12.9. The van der Waals surface area contributed by atoms with E-state index in [4.69, 9.17) is 5.11 Å². The van der Waals surface area contributed by atoms with Crippen molar-refractivity contribution in [3.8, 4) is 0 Å². The summed E-state index contributed by atoms with van der Waals surface area (Å²) in [6.07, 6.45) is 3.58. The molecule has 0 radical (unpaired) electrons. The van der Waals surface area contributed by atoms with Crippen LogP contribution in [0.25, 0.3) is 0 Å². The van der Waals surface area contributed by atoms with Crippen LogP contribution in [0.5, 0.6) is 0 Å². The van der Waals surface area contributed by atoms with Crippen LogP contribution in [0.2, 0.25) is 0 Å². The molecule has 1 fully saturated rings. The first-order valence-electron chi connectivity index (χ1n) is 5.80. The maximum absolute atomic E-state index is 10.7. The van der Waals surface area contributed by atoms with Crippen LogP contribution < -0.4 is 0 Å². The Morgan fingerprint density at radius 3 is 2.94 bits per heavy atom. The molecule has 1 aliphatic rings. The lowest BCUT2D eigenvalue weighted by Crippen LogP contribution is -2.11. The van der Waals surface area contributed by atoms with E-state index in [9.17, 15) is 4.79 Å².